The summed E-state index contributed by atoms with van der Waals surface area (Å²) in [5.41, 5.74) is 0. The quantitative estimate of drug-likeness (QED) is 0.705. The normalized spacial score (nSPS) is 11.7. The lowest BCUT2D eigenvalue weighted by Crippen LogP contribution is -2.45. The number of carbonyl (C=O) groups excluding carboxylic acids is 1. The van der Waals surface area contributed by atoms with E-state index < -0.39 is 10.0 Å². The first-order chi connectivity index (χ1) is 10.2. The highest BCUT2D eigenvalue weighted by molar-refractivity contribution is 7.89. The standard InChI is InChI=1S/C14H25N3O4S/c1-5-22(19,20)16-9-8-15-14(18)17(11(2)3)10-13-7-6-12(4)21-13/h6-7,11,16H,5,8-10H2,1-4H3,(H,15,18). The van der Waals surface area contributed by atoms with Crippen LogP contribution in [0.25, 0.3) is 0 Å². The summed E-state index contributed by atoms with van der Waals surface area (Å²) in [5.74, 6) is 1.54. The minimum absolute atomic E-state index is 0.00209. The molecule has 7 nitrogen and oxygen atoms in total. The van der Waals surface area contributed by atoms with Crippen molar-refractivity contribution >= 4 is 16.1 Å². The monoisotopic (exact) mass is 331 g/mol. The van der Waals surface area contributed by atoms with Crippen LogP contribution in [0.4, 0.5) is 4.79 Å². The Hall–Kier alpha value is -1.54. The van der Waals surface area contributed by atoms with Crippen molar-refractivity contribution in [2.75, 3.05) is 18.8 Å². The molecule has 0 bridgehead atoms. The van der Waals surface area contributed by atoms with E-state index in [2.05, 4.69) is 10.0 Å². The second-order valence-corrected chi connectivity index (χ2v) is 7.36. The van der Waals surface area contributed by atoms with Crippen LogP contribution in [0.15, 0.2) is 16.5 Å². The molecule has 2 N–H and O–H groups in total. The average Bonchev–Trinajstić information content (AvgIpc) is 2.86. The van der Waals surface area contributed by atoms with Crippen LogP contribution in [0.3, 0.4) is 0 Å². The lowest BCUT2D eigenvalue weighted by Gasteiger charge is -2.26. The second kappa shape index (κ2) is 8.19. The van der Waals surface area contributed by atoms with Crippen LogP contribution in [-0.4, -0.2) is 44.2 Å². The first kappa shape index (κ1) is 18.5. The van der Waals surface area contributed by atoms with Gasteiger partial charge in [-0.15, -0.1) is 0 Å². The van der Waals surface area contributed by atoms with Gasteiger partial charge < -0.3 is 14.6 Å². The van der Waals surface area contributed by atoms with Crippen molar-refractivity contribution in [3.8, 4) is 0 Å². The molecule has 0 aliphatic rings. The van der Waals surface area contributed by atoms with Crippen molar-refractivity contribution in [1.29, 1.82) is 0 Å². The van der Waals surface area contributed by atoms with Gasteiger partial charge in [0.1, 0.15) is 11.5 Å². The smallest absolute Gasteiger partial charge is 0.318 e. The number of sulfonamides is 1. The van der Waals surface area contributed by atoms with Gasteiger partial charge in [0.2, 0.25) is 10.0 Å². The molecule has 2 amide bonds. The lowest BCUT2D eigenvalue weighted by atomic mass is 10.3. The van der Waals surface area contributed by atoms with Gasteiger partial charge in [-0.3, -0.25) is 0 Å². The molecular weight excluding hydrogens is 306 g/mol. The summed E-state index contributed by atoms with van der Waals surface area (Å²) >= 11 is 0. The molecule has 0 fully saturated rings. The molecule has 0 saturated carbocycles. The van der Waals surface area contributed by atoms with Crippen LogP contribution in [-0.2, 0) is 16.6 Å². The third-order valence-electron chi connectivity index (χ3n) is 3.11. The van der Waals surface area contributed by atoms with Gasteiger partial charge in [0.15, 0.2) is 0 Å². The molecule has 0 saturated heterocycles. The van der Waals surface area contributed by atoms with E-state index in [0.717, 1.165) is 5.76 Å². The number of hydrogen-bond donors (Lipinski definition) is 2. The predicted molar refractivity (Wildman–Crippen MR) is 85.0 cm³/mol. The Morgan fingerprint density at radius 3 is 2.50 bits per heavy atom. The van der Waals surface area contributed by atoms with Gasteiger partial charge in [-0.25, -0.2) is 17.9 Å². The first-order valence-electron chi connectivity index (χ1n) is 7.32. The largest absolute Gasteiger partial charge is 0.464 e. The van der Waals surface area contributed by atoms with E-state index in [4.69, 9.17) is 4.42 Å². The molecule has 0 unspecified atom stereocenters. The van der Waals surface area contributed by atoms with Gasteiger partial charge in [-0.2, -0.15) is 0 Å². The Bertz CT molecular complexity index is 581. The molecule has 1 aromatic heterocycles. The summed E-state index contributed by atoms with van der Waals surface area (Å²) in [4.78, 5) is 13.8. The predicted octanol–water partition coefficient (Wildman–Crippen LogP) is 1.45. The SMILES string of the molecule is CCS(=O)(=O)NCCNC(=O)N(Cc1ccc(C)o1)C(C)C. The number of aryl methyl sites for hydroxylation is 1. The summed E-state index contributed by atoms with van der Waals surface area (Å²) in [6.45, 7) is 8.02. The molecule has 1 heterocycles. The Morgan fingerprint density at radius 2 is 2.00 bits per heavy atom. The maximum atomic E-state index is 12.2. The fraction of sp³-hybridized carbons (Fsp3) is 0.643. The van der Waals surface area contributed by atoms with Crippen molar-refractivity contribution in [3.05, 3.63) is 23.7 Å². The van der Waals surface area contributed by atoms with Crippen molar-refractivity contribution in [2.45, 2.75) is 40.3 Å². The molecular formula is C14H25N3O4S. The highest BCUT2D eigenvalue weighted by Crippen LogP contribution is 2.11. The van der Waals surface area contributed by atoms with Crippen molar-refractivity contribution in [3.63, 3.8) is 0 Å². The zero-order valence-corrected chi connectivity index (χ0v) is 14.4. The highest BCUT2D eigenvalue weighted by atomic mass is 32.2. The fourth-order valence-electron chi connectivity index (χ4n) is 1.81. The van der Waals surface area contributed by atoms with E-state index in [-0.39, 0.29) is 30.9 Å². The van der Waals surface area contributed by atoms with Crippen LogP contribution in [0.5, 0.6) is 0 Å². The van der Waals surface area contributed by atoms with Gasteiger partial charge in [-0.05, 0) is 39.8 Å². The number of carbonyl (C=O) groups is 1. The number of urea groups is 1. The third-order valence-corrected chi connectivity index (χ3v) is 4.51. The maximum Gasteiger partial charge on any atom is 0.318 e. The molecule has 1 rings (SSSR count). The Kier molecular flexibility index (Phi) is 6.89. The number of hydrogen-bond acceptors (Lipinski definition) is 4. The van der Waals surface area contributed by atoms with Gasteiger partial charge in [-0.1, -0.05) is 0 Å². The summed E-state index contributed by atoms with van der Waals surface area (Å²) in [6.07, 6.45) is 0. The first-order valence-corrected chi connectivity index (χ1v) is 8.97. The molecule has 0 spiro atoms. The molecule has 0 atom stereocenters. The zero-order valence-electron chi connectivity index (χ0n) is 13.5. The molecule has 8 heteroatoms. The molecule has 1 aromatic rings. The van der Waals surface area contributed by atoms with E-state index in [1.54, 1.807) is 11.8 Å². The zero-order chi connectivity index (χ0) is 16.8. The average molecular weight is 331 g/mol. The van der Waals surface area contributed by atoms with Gasteiger partial charge >= 0.3 is 6.03 Å². The molecule has 0 aromatic carbocycles. The van der Waals surface area contributed by atoms with E-state index in [1.807, 2.05) is 32.9 Å². The van der Waals surface area contributed by atoms with Gasteiger partial charge in [0, 0.05) is 19.1 Å². The van der Waals surface area contributed by atoms with Crippen LogP contribution in [0.2, 0.25) is 0 Å². The van der Waals surface area contributed by atoms with Crippen molar-refractivity contribution in [2.24, 2.45) is 0 Å². The summed E-state index contributed by atoms with van der Waals surface area (Å²) in [7, 11) is -3.23. The lowest BCUT2D eigenvalue weighted by molar-refractivity contribution is 0.174. The molecule has 0 radical (unpaired) electrons. The Balaban J connectivity index is 2.48. The summed E-state index contributed by atoms with van der Waals surface area (Å²) < 4.78 is 30.5. The molecule has 0 aliphatic carbocycles. The minimum atomic E-state index is -3.23. The van der Waals surface area contributed by atoms with Gasteiger partial charge in [0.25, 0.3) is 0 Å². The number of furan rings is 1. The van der Waals surface area contributed by atoms with Crippen molar-refractivity contribution < 1.29 is 17.6 Å². The molecule has 0 aliphatic heterocycles. The van der Waals surface area contributed by atoms with E-state index in [0.29, 0.717) is 12.3 Å². The van der Waals surface area contributed by atoms with E-state index in [9.17, 15) is 13.2 Å². The molecule has 126 valence electrons. The van der Waals surface area contributed by atoms with E-state index in [1.165, 1.54) is 0 Å². The van der Waals surface area contributed by atoms with Crippen LogP contribution in [0, 0.1) is 6.92 Å². The number of nitrogens with zero attached hydrogens (tertiary/aromatic N) is 1. The molecule has 22 heavy (non-hydrogen) atoms. The number of nitrogens with one attached hydrogen (secondary N) is 2. The van der Waals surface area contributed by atoms with Crippen LogP contribution < -0.4 is 10.0 Å². The third kappa shape index (κ3) is 6.07. The number of amides is 2. The summed E-state index contributed by atoms with van der Waals surface area (Å²) in [6, 6.07) is 3.44. The Morgan fingerprint density at radius 1 is 1.32 bits per heavy atom. The topological polar surface area (TPSA) is 91.7 Å². The fourth-order valence-corrected chi connectivity index (χ4v) is 2.42. The minimum Gasteiger partial charge on any atom is -0.464 e. The van der Waals surface area contributed by atoms with Crippen LogP contribution in [0.1, 0.15) is 32.3 Å². The maximum absolute atomic E-state index is 12.2. The highest BCUT2D eigenvalue weighted by Gasteiger charge is 2.18. The number of rotatable bonds is 8. The summed E-state index contributed by atoms with van der Waals surface area (Å²) in [5, 5.41) is 2.71. The Labute approximate surface area is 132 Å². The van der Waals surface area contributed by atoms with E-state index >= 15 is 0 Å². The van der Waals surface area contributed by atoms with Crippen LogP contribution >= 0.6 is 0 Å². The second-order valence-electron chi connectivity index (χ2n) is 5.26. The van der Waals surface area contributed by atoms with Gasteiger partial charge in [0.05, 0.1) is 12.3 Å². The van der Waals surface area contributed by atoms with Crippen molar-refractivity contribution in [1.82, 2.24) is 14.9 Å².